The summed E-state index contributed by atoms with van der Waals surface area (Å²) in [6.07, 6.45) is 8.32. The first kappa shape index (κ1) is 17.0. The second-order valence-corrected chi connectivity index (χ2v) is 8.19. The fourth-order valence-electron chi connectivity index (χ4n) is 4.33. The van der Waals surface area contributed by atoms with Gasteiger partial charge >= 0.3 is 0 Å². The summed E-state index contributed by atoms with van der Waals surface area (Å²) in [5.74, 6) is 0.565. The van der Waals surface area contributed by atoms with Gasteiger partial charge in [-0.2, -0.15) is 5.10 Å². The van der Waals surface area contributed by atoms with Crippen LogP contribution in [0.25, 0.3) is 0 Å². The van der Waals surface area contributed by atoms with Crippen molar-refractivity contribution in [3.8, 4) is 0 Å². The minimum atomic E-state index is -0.0275. The zero-order chi connectivity index (χ0) is 17.4. The third-order valence-corrected chi connectivity index (χ3v) is 6.06. The summed E-state index contributed by atoms with van der Waals surface area (Å²) in [4.78, 5) is 14.6. The van der Waals surface area contributed by atoms with E-state index < -0.39 is 0 Å². The van der Waals surface area contributed by atoms with E-state index in [0.29, 0.717) is 12.0 Å². The molecule has 1 aliphatic carbocycles. The molecule has 1 aromatic rings. The van der Waals surface area contributed by atoms with Crippen molar-refractivity contribution in [1.82, 2.24) is 20.0 Å². The Labute approximate surface area is 149 Å². The number of carbonyl (C=O) groups excluding carboxylic acids is 1. The molecule has 1 unspecified atom stereocenters. The SMILES string of the molecule is Cc1nn(C)cc1CN1CCC2(CC1)CC(NC(=O)C1CC1)CCO2. The van der Waals surface area contributed by atoms with E-state index >= 15 is 0 Å². The molecule has 138 valence electrons. The first-order valence-corrected chi connectivity index (χ1v) is 9.69. The molecular formula is C19H30N4O2. The zero-order valence-electron chi connectivity index (χ0n) is 15.5. The molecule has 2 saturated heterocycles. The fourth-order valence-corrected chi connectivity index (χ4v) is 4.33. The van der Waals surface area contributed by atoms with Crippen molar-refractivity contribution < 1.29 is 9.53 Å². The van der Waals surface area contributed by atoms with Crippen molar-refractivity contribution in [2.75, 3.05) is 19.7 Å². The maximum Gasteiger partial charge on any atom is 0.223 e. The largest absolute Gasteiger partial charge is 0.375 e. The van der Waals surface area contributed by atoms with Crippen molar-refractivity contribution in [2.45, 2.75) is 63.6 Å². The standard InChI is InChI=1S/C19H30N4O2/c1-14-16(12-22(2)21-14)13-23-8-6-19(7-9-23)11-17(5-10-25-19)20-18(24)15-3-4-15/h12,15,17H,3-11,13H2,1-2H3,(H,20,24). The number of hydrogen-bond donors (Lipinski definition) is 1. The van der Waals surface area contributed by atoms with Gasteiger partial charge in [-0.3, -0.25) is 14.4 Å². The average Bonchev–Trinajstić information content (AvgIpc) is 3.37. The van der Waals surface area contributed by atoms with E-state index in [4.69, 9.17) is 4.74 Å². The molecule has 0 bridgehead atoms. The topological polar surface area (TPSA) is 59.4 Å². The number of ether oxygens (including phenoxy) is 1. The first-order chi connectivity index (χ1) is 12.0. The van der Waals surface area contributed by atoms with Gasteiger partial charge in [0, 0.05) is 57.0 Å². The summed E-state index contributed by atoms with van der Waals surface area (Å²) in [6, 6.07) is 0.300. The van der Waals surface area contributed by atoms with Crippen LogP contribution in [0.5, 0.6) is 0 Å². The monoisotopic (exact) mass is 346 g/mol. The normalized spacial score (nSPS) is 26.7. The van der Waals surface area contributed by atoms with Crippen LogP contribution in [0.3, 0.4) is 0 Å². The molecule has 0 aromatic carbocycles. The van der Waals surface area contributed by atoms with Crippen LogP contribution in [0.1, 0.15) is 49.8 Å². The highest BCUT2D eigenvalue weighted by molar-refractivity contribution is 5.81. The fraction of sp³-hybridized carbons (Fsp3) is 0.789. The van der Waals surface area contributed by atoms with E-state index in [9.17, 15) is 4.79 Å². The van der Waals surface area contributed by atoms with E-state index in [2.05, 4.69) is 28.4 Å². The van der Waals surface area contributed by atoms with Crippen molar-refractivity contribution in [3.63, 3.8) is 0 Å². The number of piperidine rings is 1. The van der Waals surface area contributed by atoms with Gasteiger partial charge in [0.1, 0.15) is 0 Å². The van der Waals surface area contributed by atoms with Crippen LogP contribution in [0.2, 0.25) is 0 Å². The van der Waals surface area contributed by atoms with E-state index in [1.54, 1.807) is 0 Å². The highest BCUT2D eigenvalue weighted by Crippen LogP contribution is 2.36. The minimum Gasteiger partial charge on any atom is -0.375 e. The Kier molecular flexibility index (Phi) is 4.58. The molecule has 1 spiro atoms. The van der Waals surface area contributed by atoms with Gasteiger partial charge in [-0.1, -0.05) is 0 Å². The Morgan fingerprint density at radius 2 is 2.12 bits per heavy atom. The van der Waals surface area contributed by atoms with Crippen LogP contribution in [0, 0.1) is 12.8 Å². The van der Waals surface area contributed by atoms with Crippen molar-refractivity contribution >= 4 is 5.91 Å². The van der Waals surface area contributed by atoms with Crippen LogP contribution >= 0.6 is 0 Å². The van der Waals surface area contributed by atoms with Gasteiger partial charge in [-0.05, 0) is 45.4 Å². The number of nitrogens with zero attached hydrogens (tertiary/aromatic N) is 3. The van der Waals surface area contributed by atoms with Gasteiger partial charge in [-0.25, -0.2) is 0 Å². The lowest BCUT2D eigenvalue weighted by Crippen LogP contribution is -2.53. The summed E-state index contributed by atoms with van der Waals surface area (Å²) in [5, 5.41) is 7.71. The lowest BCUT2D eigenvalue weighted by molar-refractivity contribution is -0.132. The molecular weight excluding hydrogens is 316 g/mol. The van der Waals surface area contributed by atoms with E-state index in [-0.39, 0.29) is 11.5 Å². The van der Waals surface area contributed by atoms with Crippen LogP contribution in [-0.4, -0.2) is 51.9 Å². The summed E-state index contributed by atoms with van der Waals surface area (Å²) >= 11 is 0. The Balaban J connectivity index is 1.30. The molecule has 0 radical (unpaired) electrons. The van der Waals surface area contributed by atoms with Gasteiger partial charge in [-0.15, -0.1) is 0 Å². The Morgan fingerprint density at radius 3 is 2.76 bits per heavy atom. The van der Waals surface area contributed by atoms with E-state index in [1.165, 1.54) is 5.56 Å². The first-order valence-electron chi connectivity index (χ1n) is 9.69. The number of nitrogens with one attached hydrogen (secondary N) is 1. The predicted octanol–water partition coefficient (Wildman–Crippen LogP) is 1.77. The Bertz CT molecular complexity index is 629. The molecule has 3 heterocycles. The molecule has 1 aromatic heterocycles. The maximum absolute atomic E-state index is 12.1. The molecule has 2 aliphatic heterocycles. The summed E-state index contributed by atoms with van der Waals surface area (Å²) in [6.45, 7) is 5.93. The number of amides is 1. The predicted molar refractivity (Wildman–Crippen MR) is 95.0 cm³/mol. The minimum absolute atomic E-state index is 0.0275. The molecule has 3 aliphatic rings. The number of aromatic nitrogens is 2. The number of likely N-dealkylation sites (tertiary alicyclic amines) is 1. The van der Waals surface area contributed by atoms with Gasteiger partial charge in [0.15, 0.2) is 0 Å². The van der Waals surface area contributed by atoms with Crippen molar-refractivity contribution in [3.05, 3.63) is 17.5 Å². The quantitative estimate of drug-likeness (QED) is 0.903. The maximum atomic E-state index is 12.1. The highest BCUT2D eigenvalue weighted by atomic mass is 16.5. The third-order valence-electron chi connectivity index (χ3n) is 6.06. The zero-order valence-corrected chi connectivity index (χ0v) is 15.5. The van der Waals surface area contributed by atoms with Crippen LogP contribution < -0.4 is 5.32 Å². The molecule has 4 rings (SSSR count). The Hall–Kier alpha value is -1.40. The van der Waals surface area contributed by atoms with Gasteiger partial charge < -0.3 is 10.1 Å². The van der Waals surface area contributed by atoms with Crippen molar-refractivity contribution in [2.24, 2.45) is 13.0 Å². The van der Waals surface area contributed by atoms with E-state index in [1.807, 2.05) is 11.7 Å². The molecule has 1 atom stereocenters. The van der Waals surface area contributed by atoms with Crippen molar-refractivity contribution in [1.29, 1.82) is 0 Å². The molecule has 3 fully saturated rings. The molecule has 6 heteroatoms. The average molecular weight is 346 g/mol. The summed E-state index contributed by atoms with van der Waals surface area (Å²) < 4.78 is 8.12. The molecule has 25 heavy (non-hydrogen) atoms. The lowest BCUT2D eigenvalue weighted by Gasteiger charge is -2.46. The van der Waals surface area contributed by atoms with Crippen LogP contribution in [0.4, 0.5) is 0 Å². The van der Waals surface area contributed by atoms with Gasteiger partial charge in [0.2, 0.25) is 5.91 Å². The Morgan fingerprint density at radius 1 is 1.36 bits per heavy atom. The smallest absolute Gasteiger partial charge is 0.223 e. The van der Waals surface area contributed by atoms with Gasteiger partial charge in [0.05, 0.1) is 11.3 Å². The van der Waals surface area contributed by atoms with Gasteiger partial charge in [0.25, 0.3) is 0 Å². The third kappa shape index (κ3) is 3.90. The van der Waals surface area contributed by atoms with Crippen LogP contribution in [0.15, 0.2) is 6.20 Å². The number of hydrogen-bond acceptors (Lipinski definition) is 4. The number of carbonyl (C=O) groups is 1. The summed E-state index contributed by atoms with van der Waals surface area (Å²) in [5.41, 5.74) is 2.41. The lowest BCUT2D eigenvalue weighted by atomic mass is 9.82. The molecule has 1 amide bonds. The number of aryl methyl sites for hydroxylation is 2. The molecule has 1 N–H and O–H groups in total. The second kappa shape index (κ2) is 6.72. The molecule has 6 nitrogen and oxygen atoms in total. The second-order valence-electron chi connectivity index (χ2n) is 8.19. The van der Waals surface area contributed by atoms with Crippen LogP contribution in [-0.2, 0) is 23.1 Å². The molecule has 1 saturated carbocycles. The number of rotatable bonds is 4. The summed E-state index contributed by atoms with van der Waals surface area (Å²) in [7, 11) is 1.98. The highest BCUT2D eigenvalue weighted by Gasteiger charge is 2.41. The van der Waals surface area contributed by atoms with E-state index in [0.717, 1.165) is 70.5 Å².